The van der Waals surface area contributed by atoms with Crippen LogP contribution in [-0.4, -0.2) is 48.5 Å². The van der Waals surface area contributed by atoms with Crippen molar-refractivity contribution < 1.29 is 0 Å². The molecule has 2 unspecified atom stereocenters. The zero-order chi connectivity index (χ0) is 17.5. The molecule has 3 aromatic rings. The van der Waals surface area contributed by atoms with Crippen molar-refractivity contribution in [2.45, 2.75) is 51.2 Å². The molecular formula is C18H24N8. The fraction of sp³-hybridized carbons (Fsp3) is 0.556. The maximum atomic E-state index is 4.86. The molecule has 0 aromatic carbocycles. The molecule has 2 atom stereocenters. The highest BCUT2D eigenvalue weighted by Gasteiger charge is 2.26. The lowest BCUT2D eigenvalue weighted by Gasteiger charge is -2.20. The number of aryl methyl sites for hydroxylation is 2. The van der Waals surface area contributed by atoms with Gasteiger partial charge in [-0.2, -0.15) is 4.52 Å². The van der Waals surface area contributed by atoms with E-state index >= 15 is 0 Å². The van der Waals surface area contributed by atoms with E-state index in [9.17, 15) is 0 Å². The zero-order valence-electron chi connectivity index (χ0n) is 15.0. The SMILES string of the molecule is CC(NC1CCN(c2ccc3nncn3n2)C1)c1cn2c(n1)CCCC2. The molecule has 2 aliphatic heterocycles. The molecule has 136 valence electrons. The smallest absolute Gasteiger partial charge is 0.177 e. The molecule has 0 amide bonds. The molecule has 0 aliphatic carbocycles. The van der Waals surface area contributed by atoms with E-state index < -0.39 is 0 Å². The minimum Gasteiger partial charge on any atom is -0.354 e. The molecule has 0 radical (unpaired) electrons. The van der Waals surface area contributed by atoms with Crippen molar-refractivity contribution in [3.63, 3.8) is 0 Å². The molecule has 1 N–H and O–H groups in total. The van der Waals surface area contributed by atoms with Gasteiger partial charge < -0.3 is 14.8 Å². The number of fused-ring (bicyclic) bond motifs is 2. The minimum absolute atomic E-state index is 0.270. The van der Waals surface area contributed by atoms with Crippen LogP contribution >= 0.6 is 0 Å². The van der Waals surface area contributed by atoms with Gasteiger partial charge in [-0.05, 0) is 38.3 Å². The summed E-state index contributed by atoms with van der Waals surface area (Å²) in [5, 5.41) is 16.3. The van der Waals surface area contributed by atoms with Crippen LogP contribution in [0.1, 0.15) is 43.7 Å². The Morgan fingerprint density at radius 3 is 3.12 bits per heavy atom. The summed E-state index contributed by atoms with van der Waals surface area (Å²) in [5.74, 6) is 2.23. The fourth-order valence-electron chi connectivity index (χ4n) is 4.07. The van der Waals surface area contributed by atoms with E-state index in [-0.39, 0.29) is 6.04 Å². The first-order valence-electron chi connectivity index (χ1n) is 9.50. The Balaban J connectivity index is 1.25. The van der Waals surface area contributed by atoms with Crippen LogP contribution in [0.3, 0.4) is 0 Å². The van der Waals surface area contributed by atoms with Gasteiger partial charge in [0, 0.05) is 44.3 Å². The van der Waals surface area contributed by atoms with Gasteiger partial charge in [0.15, 0.2) is 5.65 Å². The molecular weight excluding hydrogens is 328 g/mol. The van der Waals surface area contributed by atoms with Crippen molar-refractivity contribution in [3.05, 3.63) is 36.2 Å². The van der Waals surface area contributed by atoms with E-state index in [4.69, 9.17) is 4.98 Å². The van der Waals surface area contributed by atoms with Gasteiger partial charge in [-0.3, -0.25) is 0 Å². The summed E-state index contributed by atoms with van der Waals surface area (Å²) < 4.78 is 4.06. The summed E-state index contributed by atoms with van der Waals surface area (Å²) in [4.78, 5) is 7.18. The molecule has 8 heteroatoms. The maximum Gasteiger partial charge on any atom is 0.177 e. The average Bonchev–Trinajstić information content (AvgIpc) is 3.39. The van der Waals surface area contributed by atoms with Crippen LogP contribution in [0.2, 0.25) is 0 Å². The highest BCUT2D eigenvalue weighted by molar-refractivity contribution is 5.45. The second-order valence-corrected chi connectivity index (χ2v) is 7.38. The van der Waals surface area contributed by atoms with Gasteiger partial charge in [0.25, 0.3) is 0 Å². The predicted molar refractivity (Wildman–Crippen MR) is 98.1 cm³/mol. The van der Waals surface area contributed by atoms with E-state index in [1.165, 1.54) is 24.4 Å². The summed E-state index contributed by atoms with van der Waals surface area (Å²) in [6.45, 7) is 5.30. The molecule has 0 saturated carbocycles. The Hall–Kier alpha value is -2.48. The van der Waals surface area contributed by atoms with Gasteiger partial charge in [-0.15, -0.1) is 15.3 Å². The number of nitrogens with one attached hydrogen (secondary N) is 1. The Morgan fingerprint density at radius 2 is 2.19 bits per heavy atom. The second-order valence-electron chi connectivity index (χ2n) is 7.38. The fourth-order valence-corrected chi connectivity index (χ4v) is 4.07. The Labute approximate surface area is 152 Å². The first kappa shape index (κ1) is 15.7. The number of hydrogen-bond acceptors (Lipinski definition) is 6. The number of hydrogen-bond donors (Lipinski definition) is 1. The van der Waals surface area contributed by atoms with Crippen LogP contribution < -0.4 is 10.2 Å². The van der Waals surface area contributed by atoms with Crippen LogP contribution in [0.25, 0.3) is 5.65 Å². The van der Waals surface area contributed by atoms with Crippen LogP contribution in [0.15, 0.2) is 24.7 Å². The predicted octanol–water partition coefficient (Wildman–Crippen LogP) is 1.59. The van der Waals surface area contributed by atoms with Crippen molar-refractivity contribution in [2.24, 2.45) is 0 Å². The molecule has 5 heterocycles. The van der Waals surface area contributed by atoms with E-state index in [2.05, 4.69) is 43.2 Å². The van der Waals surface area contributed by atoms with Gasteiger partial charge >= 0.3 is 0 Å². The van der Waals surface area contributed by atoms with Crippen molar-refractivity contribution in [1.82, 2.24) is 34.7 Å². The Morgan fingerprint density at radius 1 is 1.23 bits per heavy atom. The number of rotatable bonds is 4. The van der Waals surface area contributed by atoms with Gasteiger partial charge in [0.1, 0.15) is 18.0 Å². The third-order valence-electron chi connectivity index (χ3n) is 5.52. The van der Waals surface area contributed by atoms with Gasteiger partial charge in [-0.1, -0.05) is 0 Å². The monoisotopic (exact) mass is 352 g/mol. The average molecular weight is 352 g/mol. The van der Waals surface area contributed by atoms with Crippen LogP contribution in [0, 0.1) is 0 Å². The van der Waals surface area contributed by atoms with Crippen molar-refractivity contribution in [1.29, 1.82) is 0 Å². The summed E-state index contributed by atoms with van der Waals surface area (Å²) in [5.41, 5.74) is 1.95. The molecule has 26 heavy (non-hydrogen) atoms. The van der Waals surface area contributed by atoms with Crippen molar-refractivity contribution in [3.8, 4) is 0 Å². The third-order valence-corrected chi connectivity index (χ3v) is 5.52. The zero-order valence-corrected chi connectivity index (χ0v) is 15.0. The number of aromatic nitrogens is 6. The lowest BCUT2D eigenvalue weighted by Crippen LogP contribution is -2.34. The molecule has 0 bridgehead atoms. The summed E-state index contributed by atoms with van der Waals surface area (Å²) in [6.07, 6.45) is 8.64. The lowest BCUT2D eigenvalue weighted by molar-refractivity contribution is 0.474. The summed E-state index contributed by atoms with van der Waals surface area (Å²) >= 11 is 0. The summed E-state index contributed by atoms with van der Waals surface area (Å²) in [7, 11) is 0. The highest BCUT2D eigenvalue weighted by atomic mass is 15.4. The minimum atomic E-state index is 0.270. The molecule has 0 spiro atoms. The first-order valence-corrected chi connectivity index (χ1v) is 9.50. The maximum absolute atomic E-state index is 4.86. The third kappa shape index (κ3) is 2.84. The lowest BCUT2D eigenvalue weighted by atomic mass is 10.2. The molecule has 5 rings (SSSR count). The van der Waals surface area contributed by atoms with Gasteiger partial charge in [0.2, 0.25) is 0 Å². The molecule has 2 aliphatic rings. The molecule has 1 fully saturated rings. The molecule has 1 saturated heterocycles. The van der Waals surface area contributed by atoms with E-state index in [0.717, 1.165) is 43.9 Å². The van der Waals surface area contributed by atoms with Crippen LogP contribution in [0.5, 0.6) is 0 Å². The highest BCUT2D eigenvalue weighted by Crippen LogP contribution is 2.22. The topological polar surface area (TPSA) is 76.2 Å². The van der Waals surface area contributed by atoms with E-state index in [1.54, 1.807) is 10.8 Å². The number of imidazole rings is 1. The van der Waals surface area contributed by atoms with Gasteiger partial charge in [-0.25, -0.2) is 4.98 Å². The van der Waals surface area contributed by atoms with E-state index in [0.29, 0.717) is 6.04 Å². The largest absolute Gasteiger partial charge is 0.354 e. The molecule has 3 aromatic heterocycles. The van der Waals surface area contributed by atoms with E-state index in [1.807, 2.05) is 12.1 Å². The van der Waals surface area contributed by atoms with Crippen molar-refractivity contribution >= 4 is 11.5 Å². The summed E-state index contributed by atoms with van der Waals surface area (Å²) in [6, 6.07) is 4.71. The van der Waals surface area contributed by atoms with Crippen LogP contribution in [-0.2, 0) is 13.0 Å². The van der Waals surface area contributed by atoms with Crippen molar-refractivity contribution in [2.75, 3.05) is 18.0 Å². The number of anilines is 1. The second kappa shape index (κ2) is 6.35. The standard InChI is InChI=1S/C18H24N8/c1-13(15-11-24-8-3-2-4-16(24)21-15)20-14-7-9-25(10-14)18-6-5-17-22-19-12-26(17)23-18/h5-6,11-14,20H,2-4,7-10H2,1H3. The first-order chi connectivity index (χ1) is 12.8. The number of nitrogens with zero attached hydrogens (tertiary/aromatic N) is 7. The van der Waals surface area contributed by atoms with Crippen LogP contribution in [0.4, 0.5) is 5.82 Å². The van der Waals surface area contributed by atoms with Gasteiger partial charge in [0.05, 0.1) is 5.69 Å². The quantitative estimate of drug-likeness (QED) is 0.768. The normalized spacial score (nSPS) is 21.3. The Kier molecular flexibility index (Phi) is 3.85. The molecule has 8 nitrogen and oxygen atoms in total. The Bertz CT molecular complexity index is 889.